The Morgan fingerprint density at radius 2 is 2.03 bits per heavy atom. The van der Waals surface area contributed by atoms with Gasteiger partial charge in [-0.25, -0.2) is 9.37 Å². The molecule has 1 aliphatic carbocycles. The molecule has 1 saturated carbocycles. The number of aryl methyl sites for hydroxylation is 1. The van der Waals surface area contributed by atoms with Crippen molar-refractivity contribution in [3.63, 3.8) is 0 Å². The average Bonchev–Trinajstić information content (AvgIpc) is 3.27. The Morgan fingerprint density at radius 1 is 1.20 bits per heavy atom. The molecule has 8 heteroatoms. The van der Waals surface area contributed by atoms with E-state index < -0.39 is 11.7 Å². The molecule has 1 aromatic carbocycles. The van der Waals surface area contributed by atoms with Crippen LogP contribution in [0.25, 0.3) is 28.0 Å². The summed E-state index contributed by atoms with van der Waals surface area (Å²) in [4.78, 5) is 16.9. The quantitative estimate of drug-likeness (QED) is 0.552. The molecule has 0 atom stereocenters. The summed E-state index contributed by atoms with van der Waals surface area (Å²) in [5.41, 5.74) is 3.91. The molecule has 0 saturated heterocycles. The van der Waals surface area contributed by atoms with Gasteiger partial charge in [-0.1, -0.05) is 0 Å². The molecule has 4 aromatic rings. The first kappa shape index (κ1) is 18.4. The van der Waals surface area contributed by atoms with Crippen LogP contribution in [0.15, 0.2) is 49.1 Å². The number of nitrogens with zero attached hydrogens (tertiary/aromatic N) is 4. The molecule has 152 valence electrons. The first-order chi connectivity index (χ1) is 14.5. The summed E-state index contributed by atoms with van der Waals surface area (Å²) < 4.78 is 23.9. The standard InChI is InChI=1S/C22H20FN5O2/c1-27-12-15(10-25-27)13-5-6-28-18(11-24-20(28)9-13)14-7-17(23)21(19(8-14)30-2)22(29)26-16-3-4-16/h5-12,16H,3-4H2,1-2H3,(H,26,29). The third-order valence-corrected chi connectivity index (χ3v) is 5.26. The van der Waals surface area contributed by atoms with Crippen LogP contribution < -0.4 is 10.1 Å². The number of imidazole rings is 1. The Balaban J connectivity index is 1.54. The van der Waals surface area contributed by atoms with E-state index in [2.05, 4.69) is 15.4 Å². The number of carbonyl (C=O) groups excluding carboxylic acids is 1. The Labute approximate surface area is 172 Å². The highest BCUT2D eigenvalue weighted by molar-refractivity contribution is 5.98. The van der Waals surface area contributed by atoms with E-state index in [0.717, 1.165) is 29.6 Å². The van der Waals surface area contributed by atoms with Crippen molar-refractivity contribution in [1.82, 2.24) is 24.5 Å². The van der Waals surface area contributed by atoms with Crippen LogP contribution in [-0.2, 0) is 7.05 Å². The van der Waals surface area contributed by atoms with Crippen molar-refractivity contribution in [2.75, 3.05) is 7.11 Å². The SMILES string of the molecule is COc1cc(-c2cnc3cc(-c4cnn(C)c4)ccn23)cc(F)c1C(=O)NC1CC1. The number of carbonyl (C=O) groups is 1. The molecule has 3 aromatic heterocycles. The lowest BCUT2D eigenvalue weighted by molar-refractivity contribution is 0.0944. The van der Waals surface area contributed by atoms with Crippen molar-refractivity contribution in [3.05, 3.63) is 60.4 Å². The van der Waals surface area contributed by atoms with Crippen molar-refractivity contribution in [1.29, 1.82) is 0 Å². The van der Waals surface area contributed by atoms with E-state index >= 15 is 0 Å². The van der Waals surface area contributed by atoms with Crippen molar-refractivity contribution < 1.29 is 13.9 Å². The van der Waals surface area contributed by atoms with Gasteiger partial charge in [-0.2, -0.15) is 5.10 Å². The van der Waals surface area contributed by atoms with Gasteiger partial charge in [0.05, 0.1) is 25.2 Å². The first-order valence-corrected chi connectivity index (χ1v) is 9.68. The minimum absolute atomic E-state index is 0.0687. The van der Waals surface area contributed by atoms with E-state index in [1.807, 2.05) is 36.0 Å². The van der Waals surface area contributed by atoms with Crippen LogP contribution in [0.4, 0.5) is 4.39 Å². The third kappa shape index (κ3) is 3.20. The fourth-order valence-electron chi connectivity index (χ4n) is 3.54. The van der Waals surface area contributed by atoms with Gasteiger partial charge in [0, 0.05) is 36.6 Å². The van der Waals surface area contributed by atoms with Crippen LogP contribution in [0.2, 0.25) is 0 Å². The summed E-state index contributed by atoms with van der Waals surface area (Å²) in [5.74, 6) is -0.868. The van der Waals surface area contributed by atoms with Crippen LogP contribution in [0.1, 0.15) is 23.2 Å². The second-order valence-electron chi connectivity index (χ2n) is 7.47. The highest BCUT2D eigenvalue weighted by Crippen LogP contribution is 2.32. The maximum atomic E-state index is 14.9. The van der Waals surface area contributed by atoms with Crippen LogP contribution in [0.3, 0.4) is 0 Å². The number of nitrogens with one attached hydrogen (secondary N) is 1. The van der Waals surface area contributed by atoms with Gasteiger partial charge in [0.2, 0.25) is 0 Å². The fraction of sp³-hybridized carbons (Fsp3) is 0.227. The summed E-state index contributed by atoms with van der Waals surface area (Å²) in [5, 5.41) is 7.01. The van der Waals surface area contributed by atoms with Crippen molar-refractivity contribution in [2.24, 2.45) is 7.05 Å². The molecule has 30 heavy (non-hydrogen) atoms. The molecule has 0 radical (unpaired) electrons. The van der Waals surface area contributed by atoms with E-state index in [-0.39, 0.29) is 17.4 Å². The molecular formula is C22H20FN5O2. The zero-order valence-electron chi connectivity index (χ0n) is 16.6. The van der Waals surface area contributed by atoms with Crippen LogP contribution in [0.5, 0.6) is 5.75 Å². The van der Waals surface area contributed by atoms with Gasteiger partial charge in [0.15, 0.2) is 0 Å². The molecule has 7 nitrogen and oxygen atoms in total. The van der Waals surface area contributed by atoms with E-state index in [1.54, 1.807) is 23.1 Å². The lowest BCUT2D eigenvalue weighted by Gasteiger charge is -2.12. The molecule has 0 aliphatic heterocycles. The summed E-state index contributed by atoms with van der Waals surface area (Å²) in [7, 11) is 3.30. The molecule has 3 heterocycles. The monoisotopic (exact) mass is 405 g/mol. The molecule has 5 rings (SSSR count). The van der Waals surface area contributed by atoms with Crippen LogP contribution in [-0.4, -0.2) is 38.2 Å². The summed E-state index contributed by atoms with van der Waals surface area (Å²) >= 11 is 0. The van der Waals surface area contributed by atoms with Crippen LogP contribution >= 0.6 is 0 Å². The number of rotatable bonds is 5. The van der Waals surface area contributed by atoms with Crippen molar-refractivity contribution in [3.8, 4) is 28.1 Å². The van der Waals surface area contributed by atoms with Gasteiger partial charge in [-0.05, 0) is 42.7 Å². The number of methoxy groups -OCH3 is 1. The molecule has 1 amide bonds. The minimum atomic E-state index is -0.621. The third-order valence-electron chi connectivity index (χ3n) is 5.26. The fourth-order valence-corrected chi connectivity index (χ4v) is 3.54. The van der Waals surface area contributed by atoms with Crippen LogP contribution in [0, 0.1) is 5.82 Å². The number of benzene rings is 1. The molecule has 0 spiro atoms. The van der Waals surface area contributed by atoms with Gasteiger partial charge in [-0.3, -0.25) is 13.9 Å². The number of amides is 1. The molecular weight excluding hydrogens is 385 g/mol. The molecule has 1 fully saturated rings. The molecule has 1 aliphatic rings. The highest BCUT2D eigenvalue weighted by atomic mass is 19.1. The van der Waals surface area contributed by atoms with Crippen molar-refractivity contribution in [2.45, 2.75) is 18.9 Å². The van der Waals surface area contributed by atoms with Gasteiger partial charge in [0.25, 0.3) is 5.91 Å². The highest BCUT2D eigenvalue weighted by Gasteiger charge is 2.27. The summed E-state index contributed by atoms with van der Waals surface area (Å²) in [6.45, 7) is 0. The summed E-state index contributed by atoms with van der Waals surface area (Å²) in [6.07, 6.45) is 9.15. The van der Waals surface area contributed by atoms with E-state index in [1.165, 1.54) is 13.2 Å². The number of hydrogen-bond acceptors (Lipinski definition) is 4. The Hall–Kier alpha value is -3.68. The second kappa shape index (κ2) is 6.98. The first-order valence-electron chi connectivity index (χ1n) is 9.68. The Bertz CT molecular complexity index is 1270. The maximum Gasteiger partial charge on any atom is 0.258 e. The number of halogens is 1. The average molecular weight is 405 g/mol. The smallest absolute Gasteiger partial charge is 0.258 e. The van der Waals surface area contributed by atoms with Gasteiger partial charge in [-0.15, -0.1) is 0 Å². The Morgan fingerprint density at radius 3 is 2.73 bits per heavy atom. The molecule has 0 unspecified atom stereocenters. The molecule has 0 bridgehead atoms. The zero-order chi connectivity index (χ0) is 20.8. The maximum absolute atomic E-state index is 14.9. The number of ether oxygens (including phenoxy) is 1. The number of fused-ring (bicyclic) bond motifs is 1. The molecule has 1 N–H and O–H groups in total. The predicted octanol–water partition coefficient (Wildman–Crippen LogP) is 3.44. The van der Waals surface area contributed by atoms with E-state index in [9.17, 15) is 9.18 Å². The Kier molecular flexibility index (Phi) is 4.27. The lowest BCUT2D eigenvalue weighted by atomic mass is 10.1. The van der Waals surface area contributed by atoms with Crippen molar-refractivity contribution >= 4 is 11.6 Å². The summed E-state index contributed by atoms with van der Waals surface area (Å²) in [6, 6.07) is 7.06. The predicted molar refractivity (Wildman–Crippen MR) is 110 cm³/mol. The largest absolute Gasteiger partial charge is 0.496 e. The normalized spacial score (nSPS) is 13.6. The minimum Gasteiger partial charge on any atom is -0.496 e. The van der Waals surface area contributed by atoms with E-state index in [4.69, 9.17) is 4.74 Å². The van der Waals surface area contributed by atoms with Gasteiger partial charge in [0.1, 0.15) is 22.8 Å². The topological polar surface area (TPSA) is 73.5 Å². The second-order valence-corrected chi connectivity index (χ2v) is 7.47. The number of aromatic nitrogens is 4. The van der Waals surface area contributed by atoms with Gasteiger partial charge < -0.3 is 10.1 Å². The lowest BCUT2D eigenvalue weighted by Crippen LogP contribution is -2.26. The number of pyridine rings is 1. The van der Waals surface area contributed by atoms with Gasteiger partial charge >= 0.3 is 0 Å². The van der Waals surface area contributed by atoms with E-state index in [0.29, 0.717) is 11.3 Å². The number of hydrogen-bond donors (Lipinski definition) is 1. The zero-order valence-corrected chi connectivity index (χ0v) is 16.6.